The van der Waals surface area contributed by atoms with Crippen LogP contribution in [0.15, 0.2) is 24.4 Å². The van der Waals surface area contributed by atoms with Crippen molar-refractivity contribution >= 4 is 5.82 Å². The lowest BCUT2D eigenvalue weighted by atomic mass is 10.3. The number of likely N-dealkylation sites (N-methyl/N-ethyl adjacent to an activating group) is 1. The van der Waals surface area contributed by atoms with Crippen LogP contribution in [0.4, 0.5) is 5.82 Å². The average Bonchev–Trinajstić information content (AvgIpc) is 2.31. The maximum absolute atomic E-state index is 4.39. The highest BCUT2D eigenvalue weighted by Gasteiger charge is 2.21. The molecule has 1 aromatic rings. The first-order valence-electron chi connectivity index (χ1n) is 5.53. The number of piperazine rings is 1. The minimum atomic E-state index is 0.360. The largest absolute Gasteiger partial charge is 0.339 e. The van der Waals surface area contributed by atoms with Gasteiger partial charge in [-0.3, -0.25) is 5.32 Å². The molecule has 15 heavy (non-hydrogen) atoms. The second-order valence-electron chi connectivity index (χ2n) is 3.66. The van der Waals surface area contributed by atoms with Gasteiger partial charge < -0.3 is 10.2 Å². The van der Waals surface area contributed by atoms with E-state index < -0.39 is 0 Å². The number of anilines is 1. The van der Waals surface area contributed by atoms with Crippen molar-refractivity contribution in [1.29, 1.82) is 0 Å². The summed E-state index contributed by atoms with van der Waals surface area (Å²) in [5.74, 6) is 1.06. The Kier molecular flexibility index (Phi) is 3.53. The van der Waals surface area contributed by atoms with Crippen molar-refractivity contribution in [3.8, 4) is 0 Å². The van der Waals surface area contributed by atoms with E-state index in [0.717, 1.165) is 32.0 Å². The van der Waals surface area contributed by atoms with Crippen LogP contribution in [0.3, 0.4) is 0 Å². The highest BCUT2D eigenvalue weighted by molar-refractivity contribution is 5.39. The zero-order chi connectivity index (χ0) is 10.5. The summed E-state index contributed by atoms with van der Waals surface area (Å²) in [5.41, 5.74) is 0. The van der Waals surface area contributed by atoms with Crippen molar-refractivity contribution in [2.75, 3.05) is 31.1 Å². The molecule has 0 bridgehead atoms. The van der Waals surface area contributed by atoms with Crippen LogP contribution in [0.2, 0.25) is 0 Å². The van der Waals surface area contributed by atoms with Gasteiger partial charge in [0, 0.05) is 25.8 Å². The van der Waals surface area contributed by atoms with Gasteiger partial charge in [-0.25, -0.2) is 4.98 Å². The van der Waals surface area contributed by atoms with E-state index in [1.165, 1.54) is 0 Å². The van der Waals surface area contributed by atoms with Gasteiger partial charge in [0.15, 0.2) is 0 Å². The van der Waals surface area contributed by atoms with Gasteiger partial charge >= 0.3 is 0 Å². The molecule has 2 N–H and O–H groups in total. The summed E-state index contributed by atoms with van der Waals surface area (Å²) >= 11 is 0. The van der Waals surface area contributed by atoms with Crippen LogP contribution in [-0.2, 0) is 0 Å². The van der Waals surface area contributed by atoms with Crippen LogP contribution in [0.1, 0.15) is 6.92 Å². The molecule has 1 unspecified atom stereocenters. The van der Waals surface area contributed by atoms with Crippen molar-refractivity contribution in [3.05, 3.63) is 24.4 Å². The third-order valence-electron chi connectivity index (χ3n) is 2.63. The number of nitrogens with zero attached hydrogens (tertiary/aromatic N) is 2. The van der Waals surface area contributed by atoms with Crippen LogP contribution in [-0.4, -0.2) is 37.3 Å². The molecule has 1 atom stereocenters. The summed E-state index contributed by atoms with van der Waals surface area (Å²) in [6.07, 6.45) is 2.21. The van der Waals surface area contributed by atoms with Gasteiger partial charge in [-0.1, -0.05) is 13.0 Å². The molecule has 0 aromatic carbocycles. The van der Waals surface area contributed by atoms with Crippen LogP contribution in [0.5, 0.6) is 0 Å². The fourth-order valence-corrected chi connectivity index (χ4v) is 1.92. The Morgan fingerprint density at radius 2 is 2.53 bits per heavy atom. The monoisotopic (exact) mass is 206 g/mol. The summed E-state index contributed by atoms with van der Waals surface area (Å²) < 4.78 is 0. The summed E-state index contributed by atoms with van der Waals surface area (Å²) in [7, 11) is 0. The fraction of sp³-hybridized carbons (Fsp3) is 0.545. The molecule has 4 heteroatoms. The van der Waals surface area contributed by atoms with E-state index in [1.807, 2.05) is 18.3 Å². The van der Waals surface area contributed by atoms with E-state index in [4.69, 9.17) is 0 Å². The molecule has 0 amide bonds. The molecule has 2 rings (SSSR count). The topological polar surface area (TPSA) is 40.2 Å². The lowest BCUT2D eigenvalue weighted by molar-refractivity contribution is 0.415. The Hall–Kier alpha value is -1.13. The molecule has 1 aliphatic rings. The second-order valence-corrected chi connectivity index (χ2v) is 3.66. The Morgan fingerprint density at radius 3 is 3.27 bits per heavy atom. The van der Waals surface area contributed by atoms with Gasteiger partial charge in [0.05, 0.1) is 6.17 Å². The summed E-state index contributed by atoms with van der Waals surface area (Å²) in [6.45, 7) is 6.12. The van der Waals surface area contributed by atoms with Gasteiger partial charge in [0.1, 0.15) is 5.82 Å². The first kappa shape index (κ1) is 10.4. The van der Waals surface area contributed by atoms with Gasteiger partial charge in [-0.05, 0) is 18.7 Å². The normalized spacial score (nSPS) is 21.7. The first-order valence-corrected chi connectivity index (χ1v) is 5.53. The first-order chi connectivity index (χ1) is 7.42. The maximum Gasteiger partial charge on any atom is 0.129 e. The number of rotatable bonds is 3. The van der Waals surface area contributed by atoms with Crippen molar-refractivity contribution in [3.63, 3.8) is 0 Å². The third kappa shape index (κ3) is 2.46. The van der Waals surface area contributed by atoms with E-state index in [-0.39, 0.29) is 0 Å². The Balaban J connectivity index is 2.11. The molecule has 82 valence electrons. The van der Waals surface area contributed by atoms with Crippen LogP contribution in [0.25, 0.3) is 0 Å². The zero-order valence-corrected chi connectivity index (χ0v) is 9.11. The summed E-state index contributed by atoms with van der Waals surface area (Å²) in [5, 5.41) is 6.84. The SMILES string of the molecule is CCNC1CNCCN1c1ccccn1. The molecule has 0 saturated carbocycles. The number of hydrogen-bond donors (Lipinski definition) is 2. The molecule has 0 aliphatic carbocycles. The number of pyridine rings is 1. The third-order valence-corrected chi connectivity index (χ3v) is 2.63. The van der Waals surface area contributed by atoms with E-state index in [0.29, 0.717) is 6.17 Å². The Labute approximate surface area is 90.7 Å². The van der Waals surface area contributed by atoms with E-state index >= 15 is 0 Å². The maximum atomic E-state index is 4.39. The molecule has 0 radical (unpaired) electrons. The highest BCUT2D eigenvalue weighted by Crippen LogP contribution is 2.12. The smallest absolute Gasteiger partial charge is 0.129 e. The van der Waals surface area contributed by atoms with E-state index in [1.54, 1.807) is 0 Å². The van der Waals surface area contributed by atoms with Gasteiger partial charge in [0.2, 0.25) is 0 Å². The minimum absolute atomic E-state index is 0.360. The molecule has 1 fully saturated rings. The number of hydrogen-bond acceptors (Lipinski definition) is 4. The van der Waals surface area contributed by atoms with E-state index in [9.17, 15) is 0 Å². The Bertz CT molecular complexity index is 286. The quantitative estimate of drug-likeness (QED) is 0.752. The molecule has 0 spiro atoms. The van der Waals surface area contributed by atoms with Crippen LogP contribution in [0, 0.1) is 0 Å². The molecule has 1 aliphatic heterocycles. The fourth-order valence-electron chi connectivity index (χ4n) is 1.92. The Morgan fingerprint density at radius 1 is 1.60 bits per heavy atom. The van der Waals surface area contributed by atoms with Crippen molar-refractivity contribution in [2.45, 2.75) is 13.1 Å². The van der Waals surface area contributed by atoms with Crippen molar-refractivity contribution in [2.24, 2.45) is 0 Å². The highest BCUT2D eigenvalue weighted by atomic mass is 15.3. The standard InChI is InChI=1S/C11H18N4/c1-2-13-11-9-12-7-8-15(11)10-5-3-4-6-14-10/h3-6,11-13H,2,7-9H2,1H3. The predicted molar refractivity (Wildman–Crippen MR) is 61.9 cm³/mol. The van der Waals surface area contributed by atoms with Crippen molar-refractivity contribution in [1.82, 2.24) is 15.6 Å². The number of nitrogens with one attached hydrogen (secondary N) is 2. The predicted octanol–water partition coefficient (Wildman–Crippen LogP) is 0.427. The van der Waals surface area contributed by atoms with Gasteiger partial charge in [-0.2, -0.15) is 0 Å². The molecule has 4 nitrogen and oxygen atoms in total. The van der Waals surface area contributed by atoms with Gasteiger partial charge in [-0.15, -0.1) is 0 Å². The number of aromatic nitrogens is 1. The molecular weight excluding hydrogens is 188 g/mol. The second kappa shape index (κ2) is 5.09. The minimum Gasteiger partial charge on any atom is -0.339 e. The van der Waals surface area contributed by atoms with Crippen LogP contribution < -0.4 is 15.5 Å². The zero-order valence-electron chi connectivity index (χ0n) is 9.11. The molecule has 2 heterocycles. The molecule has 1 aromatic heterocycles. The van der Waals surface area contributed by atoms with E-state index in [2.05, 4.69) is 33.5 Å². The molecular formula is C11H18N4. The lowest BCUT2D eigenvalue weighted by Crippen LogP contribution is -2.58. The summed E-state index contributed by atoms with van der Waals surface area (Å²) in [4.78, 5) is 6.71. The average molecular weight is 206 g/mol. The lowest BCUT2D eigenvalue weighted by Gasteiger charge is -2.37. The van der Waals surface area contributed by atoms with Gasteiger partial charge in [0.25, 0.3) is 0 Å². The van der Waals surface area contributed by atoms with Crippen molar-refractivity contribution < 1.29 is 0 Å². The summed E-state index contributed by atoms with van der Waals surface area (Å²) in [6, 6.07) is 6.05. The molecule has 1 saturated heterocycles. The van der Waals surface area contributed by atoms with Crippen LogP contribution >= 0.6 is 0 Å².